The first-order valence-electron chi connectivity index (χ1n) is 4.53. The Kier molecular flexibility index (Phi) is 3.54. The van der Waals surface area contributed by atoms with Crippen LogP contribution in [0.2, 0.25) is 0 Å². The van der Waals surface area contributed by atoms with Gasteiger partial charge in [-0.05, 0) is 30.7 Å². The van der Waals surface area contributed by atoms with Crippen LogP contribution in [-0.2, 0) is 6.18 Å². The van der Waals surface area contributed by atoms with Crippen molar-refractivity contribution >= 4 is 0 Å². The molecule has 0 heterocycles. The molecule has 0 aliphatic rings. The minimum absolute atomic E-state index is 0.539. The molecule has 0 unspecified atom stereocenters. The predicted molar refractivity (Wildman–Crippen MR) is 50.0 cm³/mol. The van der Waals surface area contributed by atoms with E-state index < -0.39 is 35.3 Å². The summed E-state index contributed by atoms with van der Waals surface area (Å²) < 4.78 is 50.4. The summed E-state index contributed by atoms with van der Waals surface area (Å²) in [7, 11) is 0. The Morgan fingerprint density at radius 1 is 1.31 bits per heavy atom. The molecule has 0 radical (unpaired) electrons. The van der Waals surface area contributed by atoms with E-state index in [0.29, 0.717) is 18.2 Å². The second-order valence-corrected chi connectivity index (χ2v) is 3.53. The van der Waals surface area contributed by atoms with Gasteiger partial charge in [-0.2, -0.15) is 13.2 Å². The van der Waals surface area contributed by atoms with Gasteiger partial charge < -0.3 is 10.8 Å². The van der Waals surface area contributed by atoms with Gasteiger partial charge in [-0.15, -0.1) is 0 Å². The van der Waals surface area contributed by atoms with Crippen LogP contribution >= 0.6 is 0 Å². The van der Waals surface area contributed by atoms with E-state index in [-0.39, 0.29) is 0 Å². The van der Waals surface area contributed by atoms with Crippen molar-refractivity contribution < 1.29 is 22.7 Å². The van der Waals surface area contributed by atoms with E-state index >= 15 is 0 Å². The highest BCUT2D eigenvalue weighted by Gasteiger charge is 2.35. The van der Waals surface area contributed by atoms with Crippen LogP contribution in [0.15, 0.2) is 18.2 Å². The first kappa shape index (κ1) is 12.9. The van der Waals surface area contributed by atoms with Gasteiger partial charge in [0.05, 0.1) is 11.7 Å². The van der Waals surface area contributed by atoms with E-state index in [4.69, 9.17) is 5.73 Å². The van der Waals surface area contributed by atoms with Crippen LogP contribution < -0.4 is 5.73 Å². The zero-order chi connectivity index (χ0) is 12.5. The average Bonchev–Trinajstić information content (AvgIpc) is 2.14. The minimum atomic E-state index is -4.64. The van der Waals surface area contributed by atoms with Gasteiger partial charge in [0.25, 0.3) is 0 Å². The zero-order valence-electron chi connectivity index (χ0n) is 8.42. The van der Waals surface area contributed by atoms with Crippen LogP contribution in [0.5, 0.6) is 0 Å². The average molecular weight is 237 g/mol. The van der Waals surface area contributed by atoms with E-state index in [1.807, 2.05) is 0 Å². The first-order valence-corrected chi connectivity index (χ1v) is 4.53. The summed E-state index contributed by atoms with van der Waals surface area (Å²) in [5.41, 5.74) is 3.68. The molecule has 90 valence electrons. The minimum Gasteiger partial charge on any atom is -0.387 e. The van der Waals surface area contributed by atoms with Crippen molar-refractivity contribution in [1.29, 1.82) is 0 Å². The van der Waals surface area contributed by atoms with E-state index in [1.54, 1.807) is 0 Å². The largest absolute Gasteiger partial charge is 0.416 e. The summed E-state index contributed by atoms with van der Waals surface area (Å²) in [6.07, 6.45) is -6.19. The smallest absolute Gasteiger partial charge is 0.387 e. The van der Waals surface area contributed by atoms with Crippen molar-refractivity contribution in [2.75, 3.05) is 0 Å². The molecule has 0 aliphatic heterocycles. The Morgan fingerprint density at radius 2 is 1.88 bits per heavy atom. The molecule has 3 N–H and O–H groups in total. The second-order valence-electron chi connectivity index (χ2n) is 3.53. The van der Waals surface area contributed by atoms with E-state index in [2.05, 4.69) is 0 Å². The maximum Gasteiger partial charge on any atom is 0.416 e. The number of aliphatic hydroxyl groups excluding tert-OH is 1. The van der Waals surface area contributed by atoms with Gasteiger partial charge >= 0.3 is 6.18 Å². The third kappa shape index (κ3) is 2.70. The van der Waals surface area contributed by atoms with Crippen molar-refractivity contribution in [1.82, 2.24) is 0 Å². The fourth-order valence-electron chi connectivity index (χ4n) is 1.32. The summed E-state index contributed by atoms with van der Waals surface area (Å²) in [5, 5.41) is 9.47. The Morgan fingerprint density at radius 3 is 2.31 bits per heavy atom. The quantitative estimate of drug-likeness (QED) is 0.775. The monoisotopic (exact) mass is 237 g/mol. The molecule has 2 atom stereocenters. The van der Waals surface area contributed by atoms with Gasteiger partial charge in [0.15, 0.2) is 0 Å². The molecule has 0 spiro atoms. The van der Waals surface area contributed by atoms with Crippen LogP contribution in [0.25, 0.3) is 0 Å². The Balaban J connectivity index is 3.29. The SMILES string of the molecule is C[C@@H](N)[C@@H](O)c1cc(F)ccc1C(F)(F)F. The molecule has 1 aromatic carbocycles. The summed E-state index contributed by atoms with van der Waals surface area (Å²) in [6, 6.07) is 1.02. The third-order valence-corrected chi connectivity index (χ3v) is 2.14. The van der Waals surface area contributed by atoms with Gasteiger partial charge in [-0.25, -0.2) is 4.39 Å². The van der Waals surface area contributed by atoms with Gasteiger partial charge in [0.1, 0.15) is 5.82 Å². The van der Waals surface area contributed by atoms with Gasteiger partial charge in [0, 0.05) is 6.04 Å². The summed E-state index contributed by atoms with van der Waals surface area (Å²) in [4.78, 5) is 0. The molecule has 1 rings (SSSR count). The second kappa shape index (κ2) is 4.39. The van der Waals surface area contributed by atoms with E-state index in [1.165, 1.54) is 6.92 Å². The topological polar surface area (TPSA) is 46.2 Å². The molecule has 0 aromatic heterocycles. The van der Waals surface area contributed by atoms with Crippen LogP contribution in [0.1, 0.15) is 24.2 Å². The third-order valence-electron chi connectivity index (χ3n) is 2.14. The van der Waals surface area contributed by atoms with Gasteiger partial charge in [-0.1, -0.05) is 0 Å². The van der Waals surface area contributed by atoms with Gasteiger partial charge in [0.2, 0.25) is 0 Å². The maximum atomic E-state index is 12.8. The molecular formula is C10H11F4NO. The lowest BCUT2D eigenvalue weighted by atomic mass is 9.98. The number of rotatable bonds is 2. The fraction of sp³-hybridized carbons (Fsp3) is 0.400. The predicted octanol–water partition coefficient (Wildman–Crippen LogP) is 2.23. The lowest BCUT2D eigenvalue weighted by Crippen LogP contribution is -2.26. The lowest BCUT2D eigenvalue weighted by Gasteiger charge is -2.20. The molecule has 2 nitrogen and oxygen atoms in total. The van der Waals surface area contributed by atoms with E-state index in [9.17, 15) is 22.7 Å². The molecule has 0 saturated heterocycles. The van der Waals surface area contributed by atoms with Gasteiger partial charge in [-0.3, -0.25) is 0 Å². The molecule has 0 aliphatic carbocycles. The number of benzene rings is 1. The molecule has 0 saturated carbocycles. The van der Waals surface area contributed by atoms with Crippen molar-refractivity contribution in [3.63, 3.8) is 0 Å². The number of hydrogen-bond donors (Lipinski definition) is 2. The number of nitrogens with two attached hydrogens (primary N) is 1. The Bertz CT molecular complexity index is 376. The molecule has 0 fully saturated rings. The molecular weight excluding hydrogens is 226 g/mol. The number of hydrogen-bond acceptors (Lipinski definition) is 2. The van der Waals surface area contributed by atoms with Crippen molar-refractivity contribution in [3.05, 3.63) is 35.1 Å². The maximum absolute atomic E-state index is 12.8. The molecule has 1 aromatic rings. The number of halogens is 4. The highest BCUT2D eigenvalue weighted by molar-refractivity contribution is 5.32. The fourth-order valence-corrected chi connectivity index (χ4v) is 1.32. The highest BCUT2D eigenvalue weighted by Crippen LogP contribution is 2.35. The van der Waals surface area contributed by atoms with Crippen LogP contribution in [-0.4, -0.2) is 11.1 Å². The normalized spacial score (nSPS) is 15.9. The lowest BCUT2D eigenvalue weighted by molar-refractivity contribution is -0.139. The zero-order valence-corrected chi connectivity index (χ0v) is 8.42. The molecule has 16 heavy (non-hydrogen) atoms. The Hall–Kier alpha value is -1.14. The summed E-state index contributed by atoms with van der Waals surface area (Å²) in [5.74, 6) is -0.845. The molecule has 0 amide bonds. The standard InChI is InChI=1S/C10H11F4NO/c1-5(15)9(16)7-4-6(11)2-3-8(7)10(12,13)14/h2-5,9,16H,15H2,1H3/t5-,9-/m1/s1. The van der Waals surface area contributed by atoms with Crippen molar-refractivity contribution in [2.45, 2.75) is 25.2 Å². The van der Waals surface area contributed by atoms with Crippen molar-refractivity contribution in [3.8, 4) is 0 Å². The summed E-state index contributed by atoms with van der Waals surface area (Å²) >= 11 is 0. The van der Waals surface area contributed by atoms with Crippen molar-refractivity contribution in [2.24, 2.45) is 5.73 Å². The van der Waals surface area contributed by atoms with Crippen LogP contribution in [0.4, 0.5) is 17.6 Å². The van der Waals surface area contributed by atoms with E-state index in [0.717, 1.165) is 0 Å². The molecule has 0 bridgehead atoms. The Labute approximate surface area is 89.7 Å². The molecule has 6 heteroatoms. The van der Waals surface area contributed by atoms with Crippen LogP contribution in [0.3, 0.4) is 0 Å². The first-order chi connectivity index (χ1) is 7.23. The number of alkyl halides is 3. The van der Waals surface area contributed by atoms with Crippen LogP contribution in [0, 0.1) is 5.82 Å². The number of aliphatic hydroxyl groups is 1. The highest BCUT2D eigenvalue weighted by atomic mass is 19.4. The summed E-state index contributed by atoms with van der Waals surface area (Å²) in [6.45, 7) is 1.34.